The third kappa shape index (κ3) is 49.4. The molecule has 0 aliphatic heterocycles. The number of hydrogen-bond acceptors (Lipinski definition) is 5. The fourth-order valence-corrected chi connectivity index (χ4v) is 8.33. The third-order valence-corrected chi connectivity index (χ3v) is 12.6. The van der Waals surface area contributed by atoms with Gasteiger partial charge < -0.3 is 20.3 Å². The first-order valence-electron chi connectivity index (χ1n) is 27.8. The predicted molar refractivity (Wildman–Crippen MR) is 273 cm³/mol. The number of hydrogen-bond donors (Lipinski definition) is 3. The summed E-state index contributed by atoms with van der Waals surface area (Å²) in [5.41, 5.74) is 0. The number of aliphatic hydroxyl groups is 2. The first kappa shape index (κ1) is 61.1. The Bertz CT molecular complexity index is 1020. The highest BCUT2D eigenvalue weighted by atomic mass is 16.5. The molecule has 6 heteroatoms. The zero-order chi connectivity index (χ0) is 45.8. The molecule has 0 aliphatic carbocycles. The van der Waals surface area contributed by atoms with Crippen molar-refractivity contribution < 1.29 is 24.5 Å². The SMILES string of the molecule is CCCCC/C=C\CCCCCCCC(=O)OCCCC/C=C\CCCCCCC(=O)NC(CO)C(O)/C=C/CCCCCCCCCCCCCCCCCCCCCCCC. The van der Waals surface area contributed by atoms with Gasteiger partial charge in [0.25, 0.3) is 0 Å². The van der Waals surface area contributed by atoms with Gasteiger partial charge in [0.15, 0.2) is 0 Å². The van der Waals surface area contributed by atoms with E-state index in [1.807, 2.05) is 6.08 Å². The van der Waals surface area contributed by atoms with Crippen molar-refractivity contribution in [1.29, 1.82) is 0 Å². The molecule has 6 nitrogen and oxygen atoms in total. The summed E-state index contributed by atoms with van der Waals surface area (Å²) in [7, 11) is 0. The van der Waals surface area contributed by atoms with E-state index in [4.69, 9.17) is 4.74 Å². The van der Waals surface area contributed by atoms with Crippen LogP contribution in [-0.4, -0.2) is 47.4 Å². The molecular formula is C57H107NO5. The quantitative estimate of drug-likeness (QED) is 0.0321. The maximum atomic E-state index is 12.5. The summed E-state index contributed by atoms with van der Waals surface area (Å²) in [6.45, 7) is 4.79. The van der Waals surface area contributed by atoms with Crippen molar-refractivity contribution in [3.63, 3.8) is 0 Å². The monoisotopic (exact) mass is 886 g/mol. The second-order valence-electron chi connectivity index (χ2n) is 18.9. The molecule has 2 unspecified atom stereocenters. The Morgan fingerprint density at radius 1 is 0.429 bits per heavy atom. The summed E-state index contributed by atoms with van der Waals surface area (Å²) in [6.07, 6.45) is 64.5. The van der Waals surface area contributed by atoms with Crippen molar-refractivity contribution in [2.75, 3.05) is 13.2 Å². The molecule has 2 atom stereocenters. The molecule has 0 aliphatic rings. The van der Waals surface area contributed by atoms with Gasteiger partial charge in [0.1, 0.15) is 0 Å². The summed E-state index contributed by atoms with van der Waals surface area (Å²) >= 11 is 0. The van der Waals surface area contributed by atoms with Gasteiger partial charge in [-0.05, 0) is 83.5 Å². The number of allylic oxidation sites excluding steroid dienone is 5. The smallest absolute Gasteiger partial charge is 0.305 e. The van der Waals surface area contributed by atoms with Crippen molar-refractivity contribution in [1.82, 2.24) is 5.32 Å². The first-order valence-corrected chi connectivity index (χ1v) is 27.8. The maximum absolute atomic E-state index is 12.5. The minimum atomic E-state index is -0.868. The lowest BCUT2D eigenvalue weighted by Gasteiger charge is -2.20. The van der Waals surface area contributed by atoms with Gasteiger partial charge in [0, 0.05) is 12.8 Å². The van der Waals surface area contributed by atoms with E-state index in [9.17, 15) is 19.8 Å². The van der Waals surface area contributed by atoms with Crippen molar-refractivity contribution in [2.24, 2.45) is 0 Å². The van der Waals surface area contributed by atoms with Crippen LogP contribution in [0.4, 0.5) is 0 Å². The summed E-state index contributed by atoms with van der Waals surface area (Å²) < 4.78 is 5.42. The molecule has 0 aromatic carbocycles. The third-order valence-electron chi connectivity index (χ3n) is 12.6. The van der Waals surface area contributed by atoms with Crippen molar-refractivity contribution in [3.8, 4) is 0 Å². The molecule has 0 saturated carbocycles. The van der Waals surface area contributed by atoms with E-state index in [1.54, 1.807) is 6.08 Å². The molecule has 0 heterocycles. The fourth-order valence-electron chi connectivity index (χ4n) is 8.33. The number of nitrogens with one attached hydrogen (secondary N) is 1. The molecule has 0 aromatic rings. The summed E-state index contributed by atoms with van der Waals surface area (Å²) in [6, 6.07) is -0.655. The van der Waals surface area contributed by atoms with Gasteiger partial charge in [-0.2, -0.15) is 0 Å². The number of ether oxygens (including phenoxy) is 1. The molecule has 3 N–H and O–H groups in total. The summed E-state index contributed by atoms with van der Waals surface area (Å²) in [5, 5.41) is 23.1. The molecule has 0 bridgehead atoms. The molecule has 0 aromatic heterocycles. The van der Waals surface area contributed by atoms with Gasteiger partial charge in [0.05, 0.1) is 25.4 Å². The van der Waals surface area contributed by atoms with Crippen molar-refractivity contribution >= 4 is 11.9 Å². The van der Waals surface area contributed by atoms with Crippen LogP contribution in [0.25, 0.3) is 0 Å². The molecule has 370 valence electrons. The van der Waals surface area contributed by atoms with E-state index in [0.29, 0.717) is 19.4 Å². The van der Waals surface area contributed by atoms with E-state index in [-0.39, 0.29) is 18.5 Å². The normalized spacial score (nSPS) is 12.9. The first-order chi connectivity index (χ1) is 31.0. The highest BCUT2D eigenvalue weighted by Crippen LogP contribution is 2.16. The van der Waals surface area contributed by atoms with E-state index >= 15 is 0 Å². The number of carbonyl (C=O) groups excluding carboxylic acids is 2. The number of carbonyl (C=O) groups is 2. The Hall–Kier alpha value is -1.92. The maximum Gasteiger partial charge on any atom is 0.305 e. The number of esters is 1. The average Bonchev–Trinajstić information content (AvgIpc) is 3.28. The Labute approximate surface area is 392 Å². The Morgan fingerprint density at radius 2 is 0.746 bits per heavy atom. The standard InChI is InChI=1S/C57H107NO5/c1-3-5-7-9-11-13-15-17-18-19-20-21-22-23-24-25-26-27-28-29-33-37-41-45-49-55(60)54(53-59)58-56(61)50-46-42-38-34-31-32-36-40-44-48-52-63-57(62)51-47-43-39-35-30-16-14-12-10-8-6-4-2/h12,14,32,36,45,49,54-55,59-60H,3-11,13,15-31,33-35,37-44,46-48,50-53H2,1-2H3,(H,58,61)/b14-12-,36-32-,49-45+. The lowest BCUT2D eigenvalue weighted by molar-refractivity contribution is -0.143. The van der Waals surface area contributed by atoms with Crippen molar-refractivity contribution in [2.45, 2.75) is 302 Å². The predicted octanol–water partition coefficient (Wildman–Crippen LogP) is 16.9. The van der Waals surface area contributed by atoms with Crippen LogP contribution < -0.4 is 5.32 Å². The van der Waals surface area contributed by atoms with Gasteiger partial charge in [-0.15, -0.1) is 0 Å². The second kappa shape index (κ2) is 52.7. The van der Waals surface area contributed by atoms with Crippen LogP contribution in [0, 0.1) is 0 Å². The highest BCUT2D eigenvalue weighted by molar-refractivity contribution is 5.76. The second-order valence-corrected chi connectivity index (χ2v) is 18.9. The molecular weight excluding hydrogens is 779 g/mol. The molecule has 0 radical (unpaired) electrons. The Kier molecular flexibility index (Phi) is 51.1. The fraction of sp³-hybridized carbons (Fsp3) is 0.860. The van der Waals surface area contributed by atoms with Crippen LogP contribution in [0.5, 0.6) is 0 Å². The van der Waals surface area contributed by atoms with Gasteiger partial charge >= 0.3 is 5.97 Å². The molecule has 63 heavy (non-hydrogen) atoms. The number of unbranched alkanes of at least 4 members (excludes halogenated alkanes) is 36. The van der Waals surface area contributed by atoms with Crippen LogP contribution in [0.2, 0.25) is 0 Å². The van der Waals surface area contributed by atoms with E-state index in [1.165, 1.54) is 186 Å². The molecule has 0 fully saturated rings. The molecule has 0 spiro atoms. The van der Waals surface area contributed by atoms with Gasteiger partial charge in [-0.25, -0.2) is 0 Å². The minimum absolute atomic E-state index is 0.0484. The van der Waals surface area contributed by atoms with E-state index < -0.39 is 12.1 Å². The molecule has 1 amide bonds. The topological polar surface area (TPSA) is 95.9 Å². The molecule has 0 saturated heterocycles. The van der Waals surface area contributed by atoms with Crippen LogP contribution >= 0.6 is 0 Å². The van der Waals surface area contributed by atoms with E-state index in [0.717, 1.165) is 77.0 Å². The lowest BCUT2D eigenvalue weighted by atomic mass is 10.0. The highest BCUT2D eigenvalue weighted by Gasteiger charge is 2.18. The Morgan fingerprint density at radius 3 is 1.16 bits per heavy atom. The largest absolute Gasteiger partial charge is 0.466 e. The van der Waals surface area contributed by atoms with Crippen molar-refractivity contribution in [3.05, 3.63) is 36.5 Å². The van der Waals surface area contributed by atoms with Gasteiger partial charge in [-0.1, -0.05) is 230 Å². The van der Waals surface area contributed by atoms with Crippen LogP contribution in [0.1, 0.15) is 290 Å². The number of rotatable bonds is 51. The zero-order valence-electron chi connectivity index (χ0n) is 42.1. The minimum Gasteiger partial charge on any atom is -0.466 e. The average molecular weight is 886 g/mol. The summed E-state index contributed by atoms with van der Waals surface area (Å²) in [4.78, 5) is 24.4. The molecule has 0 rings (SSSR count). The zero-order valence-corrected chi connectivity index (χ0v) is 42.1. The van der Waals surface area contributed by atoms with Gasteiger partial charge in [-0.3, -0.25) is 9.59 Å². The van der Waals surface area contributed by atoms with Crippen LogP contribution in [0.15, 0.2) is 36.5 Å². The van der Waals surface area contributed by atoms with E-state index in [2.05, 4.69) is 43.5 Å². The Balaban J connectivity index is 3.56. The lowest BCUT2D eigenvalue weighted by Crippen LogP contribution is -2.45. The summed E-state index contributed by atoms with van der Waals surface area (Å²) in [5.74, 6) is -0.151. The van der Waals surface area contributed by atoms with Crippen LogP contribution in [0.3, 0.4) is 0 Å². The van der Waals surface area contributed by atoms with Crippen LogP contribution in [-0.2, 0) is 14.3 Å². The number of aliphatic hydroxyl groups excluding tert-OH is 2. The van der Waals surface area contributed by atoms with Gasteiger partial charge in [0.2, 0.25) is 5.91 Å². The number of amides is 1.